The van der Waals surface area contributed by atoms with Crippen molar-refractivity contribution in [3.8, 4) is 11.5 Å². The van der Waals surface area contributed by atoms with Crippen LogP contribution in [-0.2, 0) is 9.59 Å². The van der Waals surface area contributed by atoms with Crippen LogP contribution in [0.3, 0.4) is 0 Å². The minimum Gasteiger partial charge on any atom is -0.493 e. The van der Waals surface area contributed by atoms with Gasteiger partial charge >= 0.3 is 0 Å². The normalized spacial score (nSPS) is 11.6. The molecule has 4 aromatic rings. The molecule has 0 radical (unpaired) electrons. The smallest absolute Gasteiger partial charge is 0.272 e. The number of hydrogen-bond acceptors (Lipinski definition) is 8. The first-order valence-corrected chi connectivity index (χ1v) is 14.5. The molecular weight excluding hydrogens is 596 g/mol. The van der Waals surface area contributed by atoms with Gasteiger partial charge in [-0.25, -0.2) is 0 Å². The topological polar surface area (TPSA) is 149 Å². The number of thioether (sulfide) groups is 1. The molecule has 0 heterocycles. The highest BCUT2D eigenvalue weighted by molar-refractivity contribution is 8.00. The molecule has 1 unspecified atom stereocenters. The summed E-state index contributed by atoms with van der Waals surface area (Å²) < 4.78 is 10.7. The lowest BCUT2D eigenvalue weighted by molar-refractivity contribution is -0.384. The molecule has 0 saturated heterocycles. The quantitative estimate of drug-likeness (QED) is 0.0735. The van der Waals surface area contributed by atoms with E-state index in [9.17, 15) is 24.5 Å². The number of nitrogens with one attached hydrogen (secondary N) is 3. The summed E-state index contributed by atoms with van der Waals surface area (Å²) in [6.45, 7) is 1.74. The van der Waals surface area contributed by atoms with E-state index in [0.29, 0.717) is 34.0 Å². The van der Waals surface area contributed by atoms with Crippen molar-refractivity contribution >= 4 is 52.6 Å². The van der Waals surface area contributed by atoms with Gasteiger partial charge in [0.1, 0.15) is 5.70 Å². The Morgan fingerprint density at radius 1 is 0.822 bits per heavy atom. The molecule has 0 bridgehead atoms. The van der Waals surface area contributed by atoms with Crippen molar-refractivity contribution in [2.24, 2.45) is 0 Å². The number of rotatable bonds is 12. The zero-order valence-corrected chi connectivity index (χ0v) is 25.4. The fourth-order valence-electron chi connectivity index (χ4n) is 4.03. The van der Waals surface area contributed by atoms with Crippen LogP contribution in [0.2, 0.25) is 0 Å². The Bertz CT molecular complexity index is 1710. The minimum absolute atomic E-state index is 0.00561. The molecule has 0 saturated carbocycles. The van der Waals surface area contributed by atoms with Crippen molar-refractivity contribution in [3.63, 3.8) is 0 Å². The summed E-state index contributed by atoms with van der Waals surface area (Å²) in [5, 5.41) is 18.6. The number of ether oxygens (including phenoxy) is 2. The Labute approximate surface area is 263 Å². The van der Waals surface area contributed by atoms with Crippen LogP contribution < -0.4 is 25.4 Å². The van der Waals surface area contributed by atoms with Crippen LogP contribution in [0.1, 0.15) is 22.8 Å². The summed E-state index contributed by atoms with van der Waals surface area (Å²) in [5.41, 5.74) is 1.85. The molecular formula is C33H30N4O7S. The van der Waals surface area contributed by atoms with E-state index < -0.39 is 22.0 Å². The molecule has 4 aromatic carbocycles. The van der Waals surface area contributed by atoms with E-state index in [4.69, 9.17) is 9.47 Å². The number of benzene rings is 4. The van der Waals surface area contributed by atoms with Gasteiger partial charge in [0.15, 0.2) is 11.5 Å². The number of carbonyl (C=O) groups is 3. The van der Waals surface area contributed by atoms with Crippen LogP contribution in [0.5, 0.6) is 11.5 Å². The van der Waals surface area contributed by atoms with E-state index in [1.54, 1.807) is 79.7 Å². The van der Waals surface area contributed by atoms with Crippen molar-refractivity contribution in [1.82, 2.24) is 5.32 Å². The molecule has 230 valence electrons. The van der Waals surface area contributed by atoms with E-state index in [2.05, 4.69) is 16.0 Å². The van der Waals surface area contributed by atoms with Crippen molar-refractivity contribution in [2.75, 3.05) is 24.9 Å². The summed E-state index contributed by atoms with van der Waals surface area (Å²) in [7, 11) is 3.03. The van der Waals surface area contributed by atoms with E-state index in [1.807, 2.05) is 0 Å². The Hall–Kier alpha value is -5.62. The van der Waals surface area contributed by atoms with E-state index >= 15 is 0 Å². The second-order valence-corrected chi connectivity index (χ2v) is 10.9. The molecule has 3 amide bonds. The molecule has 0 aromatic heterocycles. The second-order valence-electron chi connectivity index (χ2n) is 9.52. The summed E-state index contributed by atoms with van der Waals surface area (Å²) in [5.74, 6) is -0.296. The largest absolute Gasteiger partial charge is 0.493 e. The molecule has 0 fully saturated rings. The van der Waals surface area contributed by atoms with Gasteiger partial charge in [-0.1, -0.05) is 24.3 Å². The van der Waals surface area contributed by atoms with Crippen LogP contribution in [-0.4, -0.2) is 42.1 Å². The first-order chi connectivity index (χ1) is 21.7. The predicted octanol–water partition coefficient (Wildman–Crippen LogP) is 6.14. The van der Waals surface area contributed by atoms with Gasteiger partial charge < -0.3 is 25.4 Å². The van der Waals surface area contributed by atoms with Gasteiger partial charge in [0.25, 0.3) is 17.5 Å². The van der Waals surface area contributed by atoms with E-state index in [0.717, 1.165) is 4.90 Å². The van der Waals surface area contributed by atoms with Gasteiger partial charge in [0, 0.05) is 34.0 Å². The van der Waals surface area contributed by atoms with Crippen molar-refractivity contribution < 1.29 is 28.8 Å². The van der Waals surface area contributed by atoms with Crippen molar-refractivity contribution in [2.45, 2.75) is 17.1 Å². The summed E-state index contributed by atoms with van der Waals surface area (Å²) >= 11 is 1.30. The number of hydrogen-bond donors (Lipinski definition) is 3. The first kappa shape index (κ1) is 32.3. The average molecular weight is 627 g/mol. The van der Waals surface area contributed by atoms with Gasteiger partial charge in [-0.15, -0.1) is 11.8 Å². The Kier molecular flexibility index (Phi) is 10.9. The maximum Gasteiger partial charge on any atom is 0.272 e. The molecule has 45 heavy (non-hydrogen) atoms. The zero-order valence-electron chi connectivity index (χ0n) is 24.6. The summed E-state index contributed by atoms with van der Waals surface area (Å²) in [4.78, 5) is 50.1. The lowest BCUT2D eigenvalue weighted by atomic mass is 10.1. The van der Waals surface area contributed by atoms with E-state index in [-0.39, 0.29) is 17.3 Å². The summed E-state index contributed by atoms with van der Waals surface area (Å²) in [6.07, 6.45) is 1.54. The van der Waals surface area contributed by atoms with Crippen LogP contribution in [0.25, 0.3) is 6.08 Å². The molecule has 12 heteroatoms. The fraction of sp³-hybridized carbons (Fsp3) is 0.121. The molecule has 4 rings (SSSR count). The Morgan fingerprint density at radius 2 is 1.44 bits per heavy atom. The number of nitro groups is 1. The zero-order chi connectivity index (χ0) is 32.3. The summed E-state index contributed by atoms with van der Waals surface area (Å²) in [6, 6.07) is 26.1. The van der Waals surface area contributed by atoms with Gasteiger partial charge in [-0.05, 0) is 79.2 Å². The highest BCUT2D eigenvalue weighted by Gasteiger charge is 2.18. The highest BCUT2D eigenvalue weighted by atomic mass is 32.2. The number of amides is 3. The lowest BCUT2D eigenvalue weighted by Gasteiger charge is -2.14. The molecule has 0 aliphatic carbocycles. The maximum atomic E-state index is 13.4. The predicted molar refractivity (Wildman–Crippen MR) is 174 cm³/mol. The number of nitro benzene ring substituents is 1. The fourth-order valence-corrected chi connectivity index (χ4v) is 4.90. The first-order valence-electron chi connectivity index (χ1n) is 13.6. The highest BCUT2D eigenvalue weighted by Crippen LogP contribution is 2.29. The van der Waals surface area contributed by atoms with Crippen LogP contribution >= 0.6 is 11.8 Å². The minimum atomic E-state index is -0.551. The van der Waals surface area contributed by atoms with Gasteiger partial charge in [0.2, 0.25) is 5.91 Å². The SMILES string of the molecule is COc1ccc(/C=C(\NC(=O)c2ccccc2)C(=O)Nc2ccc(SC(C)C(=O)Nc3ccc([N+](=O)[O-])cc3)cc2)cc1OC. The molecule has 11 nitrogen and oxygen atoms in total. The maximum absolute atomic E-state index is 13.4. The molecule has 1 atom stereocenters. The number of anilines is 2. The average Bonchev–Trinajstić information content (AvgIpc) is 3.05. The second kappa shape index (κ2) is 15.2. The van der Waals surface area contributed by atoms with Crippen LogP contribution in [0.4, 0.5) is 17.1 Å². The monoisotopic (exact) mass is 626 g/mol. The van der Waals surface area contributed by atoms with Gasteiger partial charge in [-0.3, -0.25) is 24.5 Å². The number of nitrogens with zero attached hydrogens (tertiary/aromatic N) is 1. The lowest BCUT2D eigenvalue weighted by Crippen LogP contribution is -2.30. The molecule has 0 spiro atoms. The molecule has 0 aliphatic heterocycles. The number of non-ortho nitro benzene ring substituents is 1. The molecule has 0 aliphatic rings. The third-order valence-electron chi connectivity index (χ3n) is 6.39. The van der Waals surface area contributed by atoms with Crippen LogP contribution in [0.15, 0.2) is 108 Å². The van der Waals surface area contributed by atoms with Crippen LogP contribution in [0, 0.1) is 10.1 Å². The number of methoxy groups -OCH3 is 2. The van der Waals surface area contributed by atoms with Crippen molar-refractivity contribution in [3.05, 3.63) is 124 Å². The third kappa shape index (κ3) is 8.94. The van der Waals surface area contributed by atoms with Gasteiger partial charge in [-0.2, -0.15) is 0 Å². The van der Waals surface area contributed by atoms with Gasteiger partial charge in [0.05, 0.1) is 24.4 Å². The Morgan fingerprint density at radius 3 is 2.07 bits per heavy atom. The van der Waals surface area contributed by atoms with Crippen molar-refractivity contribution in [1.29, 1.82) is 0 Å². The standard InChI is InChI=1S/C33H30N4O7S/c1-21(31(38)34-24-10-14-26(15-11-24)37(41)42)45-27-16-12-25(13-17-27)35-33(40)28(36-32(39)23-7-5-4-6-8-23)19-22-9-18-29(43-2)30(20-22)44-3/h4-21H,1-3H3,(H,34,38)(H,35,40)(H,36,39)/b28-19-. The molecule has 3 N–H and O–H groups in total. The van der Waals surface area contributed by atoms with E-state index in [1.165, 1.54) is 56.3 Å². The Balaban J connectivity index is 1.45. The number of carbonyl (C=O) groups excluding carboxylic acids is 3. The third-order valence-corrected chi connectivity index (χ3v) is 7.50.